The minimum atomic E-state index is -4.53. The van der Waals surface area contributed by atoms with Crippen molar-refractivity contribution in [1.29, 1.82) is 0 Å². The molecule has 100 valence electrons. The number of rotatable bonds is 2. The largest absolute Gasteiger partial charge is 0.443 e. The molecule has 0 aliphatic carbocycles. The number of carbonyl (C=O) groups is 1. The number of aromatic nitrogens is 1. The van der Waals surface area contributed by atoms with E-state index in [1.165, 1.54) is 18.2 Å². The fourth-order valence-electron chi connectivity index (χ4n) is 1.44. The molecular weight excluding hydrogens is 299 g/mol. The van der Waals surface area contributed by atoms with Crippen LogP contribution in [0.2, 0.25) is 5.02 Å². The van der Waals surface area contributed by atoms with Crippen LogP contribution in [0.25, 0.3) is 0 Å². The van der Waals surface area contributed by atoms with Gasteiger partial charge in [-0.1, -0.05) is 11.6 Å². The van der Waals surface area contributed by atoms with Crippen molar-refractivity contribution < 1.29 is 18.0 Å². The molecule has 0 amide bonds. The highest BCUT2D eigenvalue weighted by Crippen LogP contribution is 2.33. The molecule has 0 spiro atoms. The predicted molar refractivity (Wildman–Crippen MR) is 66.7 cm³/mol. The fraction of sp³-hybridized carbons (Fsp3) is 0.167. The van der Waals surface area contributed by atoms with Crippen molar-refractivity contribution in [2.45, 2.75) is 13.1 Å². The van der Waals surface area contributed by atoms with Crippen molar-refractivity contribution in [3.05, 3.63) is 50.4 Å². The average Bonchev–Trinajstić information content (AvgIpc) is 2.81. The topological polar surface area (TPSA) is 30.0 Å². The summed E-state index contributed by atoms with van der Waals surface area (Å²) in [6.07, 6.45) is -3.58. The number of ketones is 1. The van der Waals surface area contributed by atoms with E-state index >= 15 is 0 Å². The van der Waals surface area contributed by atoms with Crippen LogP contribution in [0.5, 0.6) is 0 Å². The van der Waals surface area contributed by atoms with E-state index in [0.717, 1.165) is 6.20 Å². The van der Waals surface area contributed by atoms with Gasteiger partial charge in [-0.25, -0.2) is 4.98 Å². The monoisotopic (exact) mass is 305 g/mol. The Labute approximate surface area is 115 Å². The number of nitrogens with zero attached hydrogens (tertiary/aromatic N) is 1. The Morgan fingerprint density at radius 1 is 1.37 bits per heavy atom. The van der Waals surface area contributed by atoms with Crippen LogP contribution in [0, 0.1) is 6.92 Å². The summed E-state index contributed by atoms with van der Waals surface area (Å²) in [5.74, 6) is -0.493. The normalized spacial score (nSPS) is 11.6. The Morgan fingerprint density at radius 2 is 2.05 bits per heavy atom. The van der Waals surface area contributed by atoms with Crippen molar-refractivity contribution in [3.8, 4) is 0 Å². The highest BCUT2D eigenvalue weighted by atomic mass is 35.5. The molecule has 2 nitrogen and oxygen atoms in total. The van der Waals surface area contributed by atoms with Crippen LogP contribution in [-0.2, 0) is 6.18 Å². The van der Waals surface area contributed by atoms with Gasteiger partial charge in [0.05, 0.1) is 4.88 Å². The zero-order chi connectivity index (χ0) is 14.2. The van der Waals surface area contributed by atoms with Gasteiger partial charge in [-0.3, -0.25) is 4.79 Å². The molecule has 2 rings (SSSR count). The van der Waals surface area contributed by atoms with Crippen LogP contribution in [0.1, 0.15) is 25.8 Å². The van der Waals surface area contributed by atoms with Gasteiger partial charge in [-0.2, -0.15) is 13.2 Å². The van der Waals surface area contributed by atoms with E-state index in [0.29, 0.717) is 27.5 Å². The van der Waals surface area contributed by atoms with E-state index < -0.39 is 17.0 Å². The lowest BCUT2D eigenvalue weighted by molar-refractivity contribution is -0.137. The summed E-state index contributed by atoms with van der Waals surface area (Å²) in [7, 11) is 0. The Hall–Kier alpha value is -1.40. The number of hydrogen-bond donors (Lipinski definition) is 0. The van der Waals surface area contributed by atoms with E-state index in [2.05, 4.69) is 4.98 Å². The molecule has 0 unspecified atom stereocenters. The van der Waals surface area contributed by atoms with Crippen molar-refractivity contribution in [3.63, 3.8) is 0 Å². The molecule has 0 aliphatic rings. The lowest BCUT2D eigenvalue weighted by atomic mass is 10.1. The second-order valence-electron chi connectivity index (χ2n) is 3.82. The summed E-state index contributed by atoms with van der Waals surface area (Å²) >= 11 is 6.16. The van der Waals surface area contributed by atoms with Crippen LogP contribution in [-0.4, -0.2) is 10.8 Å². The summed E-state index contributed by atoms with van der Waals surface area (Å²) < 4.78 is 37.2. The zero-order valence-corrected chi connectivity index (χ0v) is 11.2. The first-order valence-electron chi connectivity index (χ1n) is 5.13. The van der Waals surface area contributed by atoms with Crippen LogP contribution in [0.4, 0.5) is 13.2 Å². The second kappa shape index (κ2) is 4.94. The molecular formula is C12H7ClF3NOS. The van der Waals surface area contributed by atoms with Gasteiger partial charge in [-0.15, -0.1) is 11.3 Å². The molecule has 0 bridgehead atoms. The molecule has 7 heteroatoms. The van der Waals surface area contributed by atoms with Crippen molar-refractivity contribution in [2.75, 3.05) is 0 Å². The van der Waals surface area contributed by atoms with E-state index in [1.54, 1.807) is 6.92 Å². The van der Waals surface area contributed by atoms with Gasteiger partial charge in [0.2, 0.25) is 5.78 Å². The number of carbonyl (C=O) groups excluding carboxylic acids is 1. The third-order valence-electron chi connectivity index (χ3n) is 2.39. The molecule has 2 aromatic rings. The summed E-state index contributed by atoms with van der Waals surface area (Å²) in [5, 5.41) is -0.529. The highest BCUT2D eigenvalue weighted by Gasteiger charge is 2.35. The Kier molecular flexibility index (Phi) is 3.64. The number of benzene rings is 1. The quantitative estimate of drug-likeness (QED) is 0.772. The Balaban J connectivity index is 2.34. The van der Waals surface area contributed by atoms with Crippen LogP contribution >= 0.6 is 22.9 Å². The molecule has 19 heavy (non-hydrogen) atoms. The number of aryl methyl sites for hydroxylation is 1. The minimum absolute atomic E-state index is 0.0472. The maximum absolute atomic E-state index is 12.4. The molecule has 0 atom stereocenters. The van der Waals surface area contributed by atoms with Gasteiger partial charge < -0.3 is 0 Å². The van der Waals surface area contributed by atoms with E-state index in [4.69, 9.17) is 11.6 Å². The van der Waals surface area contributed by atoms with Crippen molar-refractivity contribution in [1.82, 2.24) is 4.98 Å². The van der Waals surface area contributed by atoms with E-state index in [1.807, 2.05) is 0 Å². The van der Waals surface area contributed by atoms with Crippen LogP contribution in [0.3, 0.4) is 0 Å². The molecule has 0 N–H and O–H groups in total. The highest BCUT2D eigenvalue weighted by molar-refractivity contribution is 7.13. The minimum Gasteiger partial charge on any atom is -0.288 e. The van der Waals surface area contributed by atoms with E-state index in [-0.39, 0.29) is 4.88 Å². The Bertz CT molecular complexity index is 636. The molecule has 1 aromatic heterocycles. The number of alkyl halides is 3. The number of thiazole rings is 1. The molecule has 1 heterocycles. The number of hydrogen-bond acceptors (Lipinski definition) is 3. The van der Waals surface area contributed by atoms with Gasteiger partial charge >= 0.3 is 6.18 Å². The summed E-state index contributed by atoms with van der Waals surface area (Å²) in [5.41, 5.74) is 0.979. The molecule has 0 aliphatic heterocycles. The summed E-state index contributed by atoms with van der Waals surface area (Å²) in [6.45, 7) is 1.72. The third-order valence-corrected chi connectivity index (χ3v) is 3.86. The molecule has 0 radical (unpaired) electrons. The first kappa shape index (κ1) is 14.0. The standard InChI is InChI=1S/C12H7ClF3NOS/c1-6-4-7(2-3-8(6)13)10(18)9-5-17-11(19-9)12(14,15)16/h2-5H,1H3. The Morgan fingerprint density at radius 3 is 2.58 bits per heavy atom. The first-order valence-corrected chi connectivity index (χ1v) is 6.32. The van der Waals surface area contributed by atoms with Crippen molar-refractivity contribution >= 4 is 28.7 Å². The van der Waals surface area contributed by atoms with Gasteiger partial charge in [0.25, 0.3) is 0 Å². The number of halogens is 4. The zero-order valence-electron chi connectivity index (χ0n) is 9.58. The van der Waals surface area contributed by atoms with Gasteiger partial charge in [-0.05, 0) is 30.7 Å². The molecule has 0 fully saturated rings. The van der Waals surface area contributed by atoms with Gasteiger partial charge in [0, 0.05) is 16.8 Å². The lowest BCUT2D eigenvalue weighted by Crippen LogP contribution is -2.03. The van der Waals surface area contributed by atoms with Gasteiger partial charge in [0.1, 0.15) is 0 Å². The summed E-state index contributed by atoms with van der Waals surface area (Å²) in [4.78, 5) is 15.2. The SMILES string of the molecule is Cc1cc(C(=O)c2cnc(C(F)(F)F)s2)ccc1Cl. The molecule has 0 saturated carbocycles. The van der Waals surface area contributed by atoms with Gasteiger partial charge in [0.15, 0.2) is 5.01 Å². The third kappa shape index (κ3) is 2.96. The molecule has 0 saturated heterocycles. The molecule has 1 aromatic carbocycles. The van der Waals surface area contributed by atoms with Crippen LogP contribution in [0.15, 0.2) is 24.4 Å². The van der Waals surface area contributed by atoms with Crippen LogP contribution < -0.4 is 0 Å². The maximum atomic E-state index is 12.4. The smallest absolute Gasteiger partial charge is 0.288 e. The predicted octanol–water partition coefficient (Wildman–Crippen LogP) is 4.35. The van der Waals surface area contributed by atoms with Crippen molar-refractivity contribution in [2.24, 2.45) is 0 Å². The van der Waals surface area contributed by atoms with E-state index in [9.17, 15) is 18.0 Å². The summed E-state index contributed by atoms with van der Waals surface area (Å²) in [6, 6.07) is 4.55. The lowest BCUT2D eigenvalue weighted by Gasteiger charge is -2.02. The second-order valence-corrected chi connectivity index (χ2v) is 5.26. The average molecular weight is 306 g/mol. The first-order chi connectivity index (χ1) is 8.79. The fourth-order valence-corrected chi connectivity index (χ4v) is 2.30. The maximum Gasteiger partial charge on any atom is 0.443 e.